The number of alkyl halides is 1. The predicted molar refractivity (Wildman–Crippen MR) is 111 cm³/mol. The molecule has 152 valence electrons. The Bertz CT molecular complexity index is 1070. The SMILES string of the molecule is CCOC(=O)c1cc(N2CC(F)C2)c2c(C(C)C)nn(-c3cccc(C)c3)c2n1. The second-order valence-corrected chi connectivity index (χ2v) is 7.74. The van der Waals surface area contributed by atoms with Gasteiger partial charge in [0.25, 0.3) is 0 Å². The minimum atomic E-state index is -0.862. The number of benzene rings is 1. The van der Waals surface area contributed by atoms with Crippen LogP contribution in [0.5, 0.6) is 0 Å². The van der Waals surface area contributed by atoms with E-state index in [0.29, 0.717) is 18.7 Å². The molecule has 0 bridgehead atoms. The first-order valence-corrected chi connectivity index (χ1v) is 9.95. The van der Waals surface area contributed by atoms with Crippen LogP contribution in [0.2, 0.25) is 0 Å². The molecule has 0 amide bonds. The molecule has 0 N–H and O–H groups in total. The molecule has 0 spiro atoms. The van der Waals surface area contributed by atoms with E-state index in [0.717, 1.165) is 28.0 Å². The minimum absolute atomic E-state index is 0.139. The Labute approximate surface area is 169 Å². The van der Waals surface area contributed by atoms with E-state index < -0.39 is 12.1 Å². The number of halogens is 1. The largest absolute Gasteiger partial charge is 0.461 e. The van der Waals surface area contributed by atoms with Crippen molar-refractivity contribution in [2.24, 2.45) is 0 Å². The van der Waals surface area contributed by atoms with Crippen LogP contribution in [0, 0.1) is 6.92 Å². The maximum absolute atomic E-state index is 13.6. The molecular formula is C22H25FN4O2. The molecule has 1 aliphatic heterocycles. The van der Waals surface area contributed by atoms with E-state index in [-0.39, 0.29) is 18.2 Å². The summed E-state index contributed by atoms with van der Waals surface area (Å²) >= 11 is 0. The highest BCUT2D eigenvalue weighted by Gasteiger charge is 2.32. The molecule has 0 atom stereocenters. The Morgan fingerprint density at radius 2 is 2.07 bits per heavy atom. The summed E-state index contributed by atoms with van der Waals surface area (Å²) in [5.74, 6) is -0.351. The molecule has 1 fully saturated rings. The van der Waals surface area contributed by atoms with Gasteiger partial charge in [-0.05, 0) is 43.5 Å². The summed E-state index contributed by atoms with van der Waals surface area (Å²) in [7, 11) is 0. The summed E-state index contributed by atoms with van der Waals surface area (Å²) in [5.41, 5.74) is 4.43. The van der Waals surface area contributed by atoms with Crippen molar-refractivity contribution in [3.05, 3.63) is 47.3 Å². The first-order chi connectivity index (χ1) is 13.9. The second kappa shape index (κ2) is 7.46. The average Bonchev–Trinajstić information content (AvgIpc) is 3.05. The lowest BCUT2D eigenvalue weighted by Crippen LogP contribution is -2.48. The van der Waals surface area contributed by atoms with E-state index in [9.17, 15) is 9.18 Å². The molecule has 1 saturated heterocycles. The number of nitrogens with zero attached hydrogens (tertiary/aromatic N) is 4. The Kier molecular flexibility index (Phi) is 4.98. The fourth-order valence-electron chi connectivity index (χ4n) is 3.65. The van der Waals surface area contributed by atoms with Crippen LogP contribution in [0.25, 0.3) is 16.7 Å². The van der Waals surface area contributed by atoms with Gasteiger partial charge in [0, 0.05) is 0 Å². The molecule has 1 aromatic carbocycles. The van der Waals surface area contributed by atoms with Gasteiger partial charge in [0.1, 0.15) is 6.17 Å². The quantitative estimate of drug-likeness (QED) is 0.606. The maximum atomic E-state index is 13.6. The number of aryl methyl sites for hydroxylation is 1. The van der Waals surface area contributed by atoms with E-state index in [2.05, 4.69) is 18.8 Å². The third-order valence-electron chi connectivity index (χ3n) is 5.10. The maximum Gasteiger partial charge on any atom is 0.357 e. The van der Waals surface area contributed by atoms with E-state index in [1.54, 1.807) is 17.7 Å². The number of hydrogen-bond donors (Lipinski definition) is 0. The Morgan fingerprint density at radius 3 is 2.69 bits per heavy atom. The van der Waals surface area contributed by atoms with Crippen molar-refractivity contribution < 1.29 is 13.9 Å². The van der Waals surface area contributed by atoms with Crippen LogP contribution in [0.3, 0.4) is 0 Å². The van der Waals surface area contributed by atoms with Crippen molar-refractivity contribution in [2.75, 3.05) is 24.6 Å². The van der Waals surface area contributed by atoms with Crippen LogP contribution >= 0.6 is 0 Å². The van der Waals surface area contributed by atoms with Gasteiger partial charge in [-0.2, -0.15) is 5.10 Å². The summed E-state index contributed by atoms with van der Waals surface area (Å²) in [6.07, 6.45) is -0.862. The van der Waals surface area contributed by atoms with Crippen LogP contribution in [-0.2, 0) is 4.74 Å². The third kappa shape index (κ3) is 3.45. The number of aromatic nitrogens is 3. The lowest BCUT2D eigenvalue weighted by Gasteiger charge is -2.37. The third-order valence-corrected chi connectivity index (χ3v) is 5.10. The Morgan fingerprint density at radius 1 is 1.31 bits per heavy atom. The van der Waals surface area contributed by atoms with Crippen molar-refractivity contribution in [3.63, 3.8) is 0 Å². The summed E-state index contributed by atoms with van der Waals surface area (Å²) in [6.45, 7) is 8.78. The lowest BCUT2D eigenvalue weighted by atomic mass is 10.0. The van der Waals surface area contributed by atoms with Crippen LogP contribution in [0.4, 0.5) is 10.1 Å². The van der Waals surface area contributed by atoms with Crippen molar-refractivity contribution >= 4 is 22.7 Å². The van der Waals surface area contributed by atoms with Gasteiger partial charge in [0.2, 0.25) is 0 Å². The normalized spacial score (nSPS) is 14.5. The van der Waals surface area contributed by atoms with Gasteiger partial charge in [-0.15, -0.1) is 0 Å². The molecule has 3 aromatic rings. The Balaban J connectivity index is 2.00. The molecule has 0 aliphatic carbocycles. The zero-order valence-corrected chi connectivity index (χ0v) is 17.1. The molecule has 4 rings (SSSR count). The van der Waals surface area contributed by atoms with E-state index in [1.165, 1.54) is 0 Å². The number of carbonyl (C=O) groups excluding carboxylic acids is 1. The van der Waals surface area contributed by atoms with E-state index in [4.69, 9.17) is 9.84 Å². The number of esters is 1. The summed E-state index contributed by atoms with van der Waals surface area (Å²) in [5, 5.41) is 5.71. The summed E-state index contributed by atoms with van der Waals surface area (Å²) < 4.78 is 20.6. The minimum Gasteiger partial charge on any atom is -0.461 e. The number of hydrogen-bond acceptors (Lipinski definition) is 5. The highest BCUT2D eigenvalue weighted by Crippen LogP contribution is 2.37. The molecule has 6 nitrogen and oxygen atoms in total. The van der Waals surface area contributed by atoms with Crippen LogP contribution in [0.15, 0.2) is 30.3 Å². The molecule has 0 saturated carbocycles. The van der Waals surface area contributed by atoms with Gasteiger partial charge in [-0.3, -0.25) is 0 Å². The molecule has 0 unspecified atom stereocenters. The monoisotopic (exact) mass is 396 g/mol. The highest BCUT2D eigenvalue weighted by atomic mass is 19.1. The molecular weight excluding hydrogens is 371 g/mol. The molecule has 0 radical (unpaired) electrons. The van der Waals surface area contributed by atoms with Gasteiger partial charge in [-0.1, -0.05) is 26.0 Å². The van der Waals surface area contributed by atoms with Crippen LogP contribution in [-0.4, -0.2) is 46.6 Å². The average molecular weight is 396 g/mol. The van der Waals surface area contributed by atoms with Crippen LogP contribution in [0.1, 0.15) is 48.4 Å². The van der Waals surface area contributed by atoms with Gasteiger partial charge >= 0.3 is 5.97 Å². The number of carbonyl (C=O) groups is 1. The topological polar surface area (TPSA) is 60.2 Å². The molecule has 2 aromatic heterocycles. The fraction of sp³-hybridized carbons (Fsp3) is 0.409. The molecule has 1 aliphatic rings. The first-order valence-electron chi connectivity index (χ1n) is 9.95. The smallest absolute Gasteiger partial charge is 0.357 e. The van der Waals surface area contributed by atoms with Gasteiger partial charge < -0.3 is 9.64 Å². The fourth-order valence-corrected chi connectivity index (χ4v) is 3.65. The van der Waals surface area contributed by atoms with Crippen molar-refractivity contribution in [1.82, 2.24) is 14.8 Å². The number of anilines is 1. The van der Waals surface area contributed by atoms with E-state index in [1.807, 2.05) is 36.1 Å². The Hall–Kier alpha value is -2.96. The molecule has 29 heavy (non-hydrogen) atoms. The highest BCUT2D eigenvalue weighted by molar-refractivity contribution is 5.99. The van der Waals surface area contributed by atoms with Crippen molar-refractivity contribution in [3.8, 4) is 5.69 Å². The summed E-state index contributed by atoms with van der Waals surface area (Å²) in [4.78, 5) is 19.0. The van der Waals surface area contributed by atoms with Gasteiger partial charge in [-0.25, -0.2) is 18.9 Å². The van der Waals surface area contributed by atoms with Gasteiger partial charge in [0.15, 0.2) is 11.3 Å². The standard InChI is InChI=1S/C22H25FN4O2/c1-5-29-22(28)17-10-18(26-11-15(23)12-26)19-20(13(2)3)25-27(21(19)24-17)16-8-6-7-14(4)9-16/h6-10,13,15H,5,11-12H2,1-4H3. The molecule has 3 heterocycles. The van der Waals surface area contributed by atoms with E-state index >= 15 is 0 Å². The number of pyridine rings is 1. The molecule has 7 heteroatoms. The van der Waals surface area contributed by atoms with Gasteiger partial charge in [0.05, 0.1) is 42.2 Å². The number of rotatable bonds is 5. The lowest BCUT2D eigenvalue weighted by molar-refractivity contribution is 0.0520. The van der Waals surface area contributed by atoms with Crippen molar-refractivity contribution in [2.45, 2.75) is 39.8 Å². The number of ether oxygens (including phenoxy) is 1. The summed E-state index contributed by atoms with van der Waals surface area (Å²) in [6, 6.07) is 9.68. The van der Waals surface area contributed by atoms with Crippen LogP contribution < -0.4 is 4.90 Å². The van der Waals surface area contributed by atoms with Crippen molar-refractivity contribution in [1.29, 1.82) is 0 Å². The zero-order valence-electron chi connectivity index (χ0n) is 17.1. The number of fused-ring (bicyclic) bond motifs is 1. The first kappa shape index (κ1) is 19.4. The second-order valence-electron chi connectivity index (χ2n) is 7.74. The zero-order chi connectivity index (χ0) is 20.7. The predicted octanol–water partition coefficient (Wildman–Crippen LogP) is 4.19.